The first-order chi connectivity index (χ1) is 17.5. The molecule has 37 heavy (non-hydrogen) atoms. The van der Waals surface area contributed by atoms with Gasteiger partial charge in [-0.05, 0) is 43.5 Å². The van der Waals surface area contributed by atoms with Crippen LogP contribution in [0.5, 0.6) is 23.0 Å². The number of pyridine rings is 1. The lowest BCUT2D eigenvalue weighted by Gasteiger charge is -2.33. The van der Waals surface area contributed by atoms with Crippen LogP contribution in [0.3, 0.4) is 0 Å². The predicted octanol–water partition coefficient (Wildman–Crippen LogP) is 5.13. The van der Waals surface area contributed by atoms with Crippen LogP contribution in [0.2, 0.25) is 0 Å². The molecule has 5 rings (SSSR count). The Morgan fingerprint density at radius 3 is 2.41 bits per heavy atom. The van der Waals surface area contributed by atoms with Crippen LogP contribution in [0.4, 0.5) is 11.4 Å². The topological polar surface area (TPSA) is 68.7 Å². The zero-order valence-electron chi connectivity index (χ0n) is 21.6. The minimum absolute atomic E-state index is 0. The van der Waals surface area contributed by atoms with Gasteiger partial charge in [0.15, 0.2) is 11.5 Å². The highest BCUT2D eigenvalue weighted by Crippen LogP contribution is 2.50. The molecule has 2 aliphatic rings. The Balaban J connectivity index is 0.00000320. The van der Waals surface area contributed by atoms with Gasteiger partial charge in [0.05, 0.1) is 39.2 Å². The Morgan fingerprint density at radius 2 is 1.73 bits per heavy atom. The molecule has 3 heterocycles. The monoisotopic (exact) mass is 522 g/mol. The smallest absolute Gasteiger partial charge is 0.203 e. The van der Waals surface area contributed by atoms with Gasteiger partial charge in [-0.15, -0.1) is 12.4 Å². The summed E-state index contributed by atoms with van der Waals surface area (Å²) in [6.45, 7) is 2.00. The van der Waals surface area contributed by atoms with Crippen molar-refractivity contribution in [3.05, 3.63) is 60.1 Å². The van der Waals surface area contributed by atoms with Gasteiger partial charge >= 0.3 is 0 Å². The van der Waals surface area contributed by atoms with Crippen molar-refractivity contribution in [1.29, 1.82) is 0 Å². The number of aromatic nitrogens is 1. The van der Waals surface area contributed by atoms with Gasteiger partial charge in [0, 0.05) is 59.8 Å². The lowest BCUT2D eigenvalue weighted by molar-refractivity contribution is 0.263. The minimum atomic E-state index is 0. The number of benzene rings is 2. The summed E-state index contributed by atoms with van der Waals surface area (Å²) in [6, 6.07) is 8.04. The van der Waals surface area contributed by atoms with Crippen molar-refractivity contribution < 1.29 is 18.9 Å². The number of hydrogen-bond donors (Lipinski definition) is 0. The van der Waals surface area contributed by atoms with Crippen molar-refractivity contribution in [3.8, 4) is 23.0 Å². The maximum atomic E-state index is 6.30. The summed E-state index contributed by atoms with van der Waals surface area (Å²) in [5, 5.41) is 1.99. The average Bonchev–Trinajstić information content (AvgIpc) is 2.91. The first-order valence-electron chi connectivity index (χ1n) is 11.7. The average molecular weight is 523 g/mol. The van der Waals surface area contributed by atoms with Gasteiger partial charge in [-0.25, -0.2) is 0 Å². The Hall–Kier alpha value is -3.75. The van der Waals surface area contributed by atoms with E-state index in [0.29, 0.717) is 30.4 Å². The molecule has 2 aliphatic heterocycles. The third kappa shape index (κ3) is 4.82. The van der Waals surface area contributed by atoms with Crippen LogP contribution < -0.4 is 23.8 Å². The van der Waals surface area contributed by atoms with Crippen LogP contribution in [-0.4, -0.2) is 71.2 Å². The van der Waals surface area contributed by atoms with Crippen molar-refractivity contribution in [1.82, 2.24) is 9.88 Å². The molecule has 8 nitrogen and oxygen atoms in total. The summed E-state index contributed by atoms with van der Waals surface area (Å²) in [5.41, 5.74) is 5.19. The quantitative estimate of drug-likeness (QED) is 0.406. The largest absolute Gasteiger partial charge is 0.493 e. The van der Waals surface area contributed by atoms with Gasteiger partial charge < -0.3 is 28.7 Å². The van der Waals surface area contributed by atoms with Crippen molar-refractivity contribution in [3.63, 3.8) is 0 Å². The molecule has 2 aromatic carbocycles. The molecule has 0 aliphatic carbocycles. The summed E-state index contributed by atoms with van der Waals surface area (Å²) in [5.74, 6) is 2.55. The van der Waals surface area contributed by atoms with Crippen LogP contribution in [-0.2, 0) is 0 Å². The molecular weight excluding hydrogens is 492 g/mol. The van der Waals surface area contributed by atoms with Crippen LogP contribution in [0.25, 0.3) is 16.3 Å². The molecule has 0 unspecified atom stereocenters. The second-order valence-corrected chi connectivity index (χ2v) is 8.82. The van der Waals surface area contributed by atoms with Gasteiger partial charge in [-0.2, -0.15) is 0 Å². The standard InChI is InChI=1S/C28H30N4O4.ClH/c1-31(2)10-11-36-24-14-22-20-6-8-29-15-18(20)17-32(27(22)23-16-30-9-7-21(23)24)19-12-25(33-3)28(35-5)26(13-19)34-4;/h6-9,12-14,16-17H,10-11,15H2,1-5H3;1H. The number of anilines is 2. The normalized spacial score (nSPS) is 13.8. The minimum Gasteiger partial charge on any atom is -0.493 e. The highest BCUT2D eigenvalue weighted by molar-refractivity contribution is 6.10. The molecule has 194 valence electrons. The molecule has 0 saturated carbocycles. The summed E-state index contributed by atoms with van der Waals surface area (Å²) in [4.78, 5) is 13.2. The number of ether oxygens (including phenoxy) is 4. The number of rotatable bonds is 8. The summed E-state index contributed by atoms with van der Waals surface area (Å²) >= 11 is 0. The number of allylic oxidation sites excluding steroid dienone is 1. The van der Waals surface area contributed by atoms with E-state index in [4.69, 9.17) is 18.9 Å². The summed E-state index contributed by atoms with van der Waals surface area (Å²) in [7, 11) is 8.92. The van der Waals surface area contributed by atoms with E-state index in [1.54, 1.807) is 27.5 Å². The third-order valence-electron chi connectivity index (χ3n) is 6.37. The van der Waals surface area contributed by atoms with E-state index < -0.39 is 0 Å². The number of hydrogen-bond acceptors (Lipinski definition) is 8. The first-order valence-corrected chi connectivity index (χ1v) is 11.7. The number of fused-ring (bicyclic) bond motifs is 5. The van der Waals surface area contributed by atoms with Gasteiger partial charge in [-0.3, -0.25) is 9.98 Å². The van der Waals surface area contributed by atoms with Gasteiger partial charge in [-0.1, -0.05) is 0 Å². The van der Waals surface area contributed by atoms with Gasteiger partial charge in [0.25, 0.3) is 0 Å². The Morgan fingerprint density at radius 1 is 0.973 bits per heavy atom. The summed E-state index contributed by atoms with van der Waals surface area (Å²) in [6.07, 6.45) is 9.75. The van der Waals surface area contributed by atoms with Crippen molar-refractivity contribution in [2.24, 2.45) is 4.99 Å². The number of halogens is 1. The fraction of sp³-hybridized carbons (Fsp3) is 0.286. The summed E-state index contributed by atoms with van der Waals surface area (Å²) < 4.78 is 23.2. The maximum absolute atomic E-state index is 6.30. The number of aliphatic imine (C=N–C) groups is 1. The molecule has 3 aromatic rings. The Kier molecular flexibility index (Phi) is 7.90. The molecule has 1 aromatic heterocycles. The molecule has 0 atom stereocenters. The molecule has 0 amide bonds. The second kappa shape index (κ2) is 11.1. The second-order valence-electron chi connectivity index (χ2n) is 8.82. The number of nitrogens with zero attached hydrogens (tertiary/aromatic N) is 4. The molecule has 0 fully saturated rings. The highest BCUT2D eigenvalue weighted by atomic mass is 35.5. The first kappa shape index (κ1) is 26.3. The molecule has 0 saturated heterocycles. The van der Waals surface area contributed by atoms with E-state index in [9.17, 15) is 0 Å². The SMILES string of the molecule is COc1cc(N2C=C3CN=CC=C3c3cc(OCCN(C)C)c4ccncc4c32)cc(OC)c1OC.Cl. The van der Waals surface area contributed by atoms with Crippen molar-refractivity contribution >= 4 is 46.3 Å². The fourth-order valence-electron chi connectivity index (χ4n) is 4.62. The van der Waals surface area contributed by atoms with E-state index in [1.165, 1.54) is 0 Å². The number of methoxy groups -OCH3 is 3. The van der Waals surface area contributed by atoms with E-state index in [0.717, 1.165) is 51.2 Å². The number of likely N-dealkylation sites (N-methyl/N-ethyl adjacent to an activating group) is 1. The molecular formula is C28H31ClN4O4. The van der Waals surface area contributed by atoms with E-state index in [-0.39, 0.29) is 12.4 Å². The van der Waals surface area contributed by atoms with Crippen LogP contribution in [0, 0.1) is 0 Å². The van der Waals surface area contributed by atoms with E-state index in [2.05, 4.69) is 38.1 Å². The molecule has 0 radical (unpaired) electrons. The number of dihydropyridines is 1. The fourth-order valence-corrected chi connectivity index (χ4v) is 4.62. The maximum Gasteiger partial charge on any atom is 0.203 e. The van der Waals surface area contributed by atoms with Crippen molar-refractivity contribution in [2.45, 2.75) is 0 Å². The van der Waals surface area contributed by atoms with Gasteiger partial charge in [0.1, 0.15) is 12.4 Å². The molecule has 0 bridgehead atoms. The Labute approximate surface area is 223 Å². The molecule has 0 spiro atoms. The molecule has 9 heteroatoms. The zero-order chi connectivity index (χ0) is 25.2. The lowest BCUT2D eigenvalue weighted by Crippen LogP contribution is -2.21. The third-order valence-corrected chi connectivity index (χ3v) is 6.37. The van der Waals surface area contributed by atoms with E-state index >= 15 is 0 Å². The van der Waals surface area contributed by atoms with E-state index in [1.807, 2.05) is 44.7 Å². The zero-order valence-corrected chi connectivity index (χ0v) is 22.5. The lowest BCUT2D eigenvalue weighted by atomic mass is 9.89. The van der Waals surface area contributed by atoms with Crippen LogP contribution >= 0.6 is 12.4 Å². The Bertz CT molecular complexity index is 1380. The van der Waals surface area contributed by atoms with Crippen LogP contribution in [0.15, 0.2) is 59.5 Å². The van der Waals surface area contributed by atoms with Crippen molar-refractivity contribution in [2.75, 3.05) is 60.0 Å². The highest BCUT2D eigenvalue weighted by Gasteiger charge is 2.29. The van der Waals surface area contributed by atoms with Gasteiger partial charge in [0.2, 0.25) is 5.75 Å². The van der Waals surface area contributed by atoms with Crippen LogP contribution in [0.1, 0.15) is 5.56 Å². The molecule has 0 N–H and O–H groups in total. The predicted molar refractivity (Wildman–Crippen MR) is 151 cm³/mol.